The van der Waals surface area contributed by atoms with Gasteiger partial charge in [-0.2, -0.15) is 0 Å². The largest absolute Gasteiger partial charge is 0.459 e. The van der Waals surface area contributed by atoms with Crippen molar-refractivity contribution < 1.29 is 53.1 Å². The molecule has 0 saturated heterocycles. The van der Waals surface area contributed by atoms with Crippen molar-refractivity contribution in [3.8, 4) is 28.7 Å². The maximum absolute atomic E-state index is 15.0. The van der Waals surface area contributed by atoms with E-state index in [0.29, 0.717) is 52.9 Å². The summed E-state index contributed by atoms with van der Waals surface area (Å²) in [5, 5.41) is 24.7. The van der Waals surface area contributed by atoms with Crippen molar-refractivity contribution in [1.82, 2.24) is 4.90 Å². The summed E-state index contributed by atoms with van der Waals surface area (Å²) in [6.45, 7) is 7.12. The van der Waals surface area contributed by atoms with Gasteiger partial charge in [-0.05, 0) is 97.5 Å². The van der Waals surface area contributed by atoms with Crippen molar-refractivity contribution in [3.05, 3.63) is 102 Å². The van der Waals surface area contributed by atoms with Gasteiger partial charge in [0.15, 0.2) is 11.5 Å². The summed E-state index contributed by atoms with van der Waals surface area (Å²) >= 11 is 0. The summed E-state index contributed by atoms with van der Waals surface area (Å²) in [4.78, 5) is 34.2. The maximum atomic E-state index is 15.0. The van der Waals surface area contributed by atoms with Gasteiger partial charge in [0.1, 0.15) is 36.7 Å². The zero-order valence-corrected chi connectivity index (χ0v) is 40.8. The first kappa shape index (κ1) is 51.5. The monoisotopic (exact) mass is 951 g/mol. The summed E-state index contributed by atoms with van der Waals surface area (Å²) in [6.07, 6.45) is 20.6. The molecule has 374 valence electrons. The third kappa shape index (κ3) is 12.7. The average Bonchev–Trinajstić information content (AvgIpc) is 3.84. The van der Waals surface area contributed by atoms with Crippen molar-refractivity contribution in [2.24, 2.45) is 22.9 Å². The number of hydrogen-bond donors (Lipinski definition) is 2. The summed E-state index contributed by atoms with van der Waals surface area (Å²) in [5.41, 5.74) is 3.83. The highest BCUT2D eigenvalue weighted by Crippen LogP contribution is 2.62. The maximum Gasteiger partial charge on any atom is 0.410 e. The molecule has 4 aliphatic rings. The van der Waals surface area contributed by atoms with Crippen molar-refractivity contribution >= 4 is 18.1 Å². The summed E-state index contributed by atoms with van der Waals surface area (Å²) in [5.74, 6) is 0.725. The predicted molar refractivity (Wildman–Crippen MR) is 265 cm³/mol. The van der Waals surface area contributed by atoms with Gasteiger partial charge in [0.25, 0.3) is 0 Å². The minimum atomic E-state index is -1.48. The number of rotatable bonds is 29. The molecule has 2 heterocycles. The number of nitrogens with zero attached hydrogens (tertiary/aromatic N) is 2. The minimum Gasteiger partial charge on any atom is -0.459 e. The minimum absolute atomic E-state index is 0.0140. The third-order valence-corrected chi connectivity index (χ3v) is 14.2. The molecule has 0 spiro atoms. The predicted octanol–water partition coefficient (Wildman–Crippen LogP) is 11.8. The molecule has 69 heavy (non-hydrogen) atoms. The molecule has 2 N–H and O–H groups in total. The Morgan fingerprint density at radius 3 is 2.32 bits per heavy atom. The van der Waals surface area contributed by atoms with Crippen LogP contribution >= 0.6 is 0 Å². The first-order valence-electron chi connectivity index (χ1n) is 25.5. The van der Waals surface area contributed by atoms with E-state index in [1.165, 1.54) is 52.1 Å². The van der Waals surface area contributed by atoms with E-state index in [0.717, 1.165) is 67.9 Å². The van der Waals surface area contributed by atoms with Gasteiger partial charge in [-0.25, -0.2) is 4.79 Å². The van der Waals surface area contributed by atoms with Crippen LogP contribution in [0, 0.1) is 17.8 Å². The number of fused-ring (bicyclic) bond motifs is 3. The fourth-order valence-corrected chi connectivity index (χ4v) is 11.0. The highest BCUT2D eigenvalue weighted by Gasteiger charge is 2.65. The normalized spacial score (nSPS) is 22.5. The fraction of sp³-hybridized carbons (Fsp3) is 0.554. The molecule has 0 radical (unpaired) electrons. The van der Waals surface area contributed by atoms with E-state index < -0.39 is 23.8 Å². The number of benzene rings is 3. The number of carbonyl (C=O) groups is 2. The molecule has 0 aromatic heterocycles. The Hall–Kier alpha value is -5.37. The van der Waals surface area contributed by atoms with Crippen LogP contribution in [0.3, 0.4) is 0 Å². The Morgan fingerprint density at radius 1 is 0.855 bits per heavy atom. The number of hydrogen-bond acceptors (Lipinski definition) is 12. The van der Waals surface area contributed by atoms with Gasteiger partial charge in [-0.15, -0.1) is 6.58 Å². The number of ether oxygens (including phenoxy) is 6. The molecule has 0 bridgehead atoms. The van der Waals surface area contributed by atoms with E-state index in [1.807, 2.05) is 42.5 Å². The molecule has 13 nitrogen and oxygen atoms in total. The molecule has 3 aromatic carbocycles. The fourth-order valence-electron chi connectivity index (χ4n) is 11.0. The Morgan fingerprint density at radius 2 is 1.58 bits per heavy atom. The lowest BCUT2D eigenvalue weighted by atomic mass is 9.55. The van der Waals surface area contributed by atoms with Crippen molar-refractivity contribution in [2.75, 3.05) is 40.3 Å². The first-order valence-corrected chi connectivity index (χ1v) is 25.5. The van der Waals surface area contributed by atoms with Gasteiger partial charge in [-0.1, -0.05) is 113 Å². The molecular formula is C56H74N2O11. The second kappa shape index (κ2) is 26.0. The molecule has 13 heteroatoms. The number of aldehydes is 1. The van der Waals surface area contributed by atoms with E-state index >= 15 is 4.79 Å². The zero-order chi connectivity index (χ0) is 48.4. The lowest BCUT2D eigenvalue weighted by molar-refractivity contribution is -0.256. The molecule has 1 fully saturated rings. The number of aliphatic hydroxyl groups excluding tert-OH is 2. The van der Waals surface area contributed by atoms with E-state index in [4.69, 9.17) is 38.4 Å². The quantitative estimate of drug-likeness (QED) is 0.0296. The smallest absolute Gasteiger partial charge is 0.410 e. The lowest BCUT2D eigenvalue weighted by Crippen LogP contribution is -2.70. The van der Waals surface area contributed by atoms with Crippen LogP contribution in [-0.4, -0.2) is 85.4 Å². The molecule has 7 rings (SSSR count). The molecule has 6 unspecified atom stereocenters. The first-order chi connectivity index (χ1) is 33.9. The van der Waals surface area contributed by atoms with Crippen LogP contribution in [0.5, 0.6) is 28.7 Å². The molecule has 6 atom stereocenters. The van der Waals surface area contributed by atoms with Gasteiger partial charge in [0.05, 0.1) is 24.8 Å². The van der Waals surface area contributed by atoms with Crippen molar-refractivity contribution in [1.29, 1.82) is 0 Å². The topological polar surface area (TPSA) is 155 Å². The van der Waals surface area contributed by atoms with Crippen molar-refractivity contribution in [2.45, 2.75) is 140 Å². The van der Waals surface area contributed by atoms with Gasteiger partial charge in [0, 0.05) is 43.2 Å². The standard InChI is InChI=1S/C56H74N2O11/c1-4-6-7-8-9-10-11-12-13-18-31-64-55(62)58(37-40-24-26-50-51(33-40)66-39-65-50)52-36-48(57-63-3)46-34-42(21-14-16-28-59)45(23-15-17-29-60)53-47-35-44(68-43-22-19-20-41(32-43)38-61)25-27-49(47)69-56(52,54(46)53)67-30-5-2/h5,19-20,22,24-27,32-35,38,42,45,52-54,59-60H,2,4,6-18,21,23,28-31,36-37,39H2,1,3H3. The Kier molecular flexibility index (Phi) is 19.4. The highest BCUT2D eigenvalue weighted by molar-refractivity contribution is 6.03. The number of aliphatic hydroxyl groups is 2. The van der Waals surface area contributed by atoms with E-state index in [1.54, 1.807) is 29.2 Å². The van der Waals surface area contributed by atoms with Gasteiger partial charge < -0.3 is 43.5 Å². The number of allylic oxidation sites excluding steroid dienone is 1. The lowest BCUT2D eigenvalue weighted by Gasteiger charge is -2.59. The van der Waals surface area contributed by atoms with Crippen LogP contribution < -0.4 is 18.9 Å². The second-order valence-corrected chi connectivity index (χ2v) is 18.9. The van der Waals surface area contributed by atoms with Crippen LogP contribution in [0.1, 0.15) is 143 Å². The summed E-state index contributed by atoms with van der Waals surface area (Å²) < 4.78 is 38.8. The Bertz CT molecular complexity index is 2210. The van der Waals surface area contributed by atoms with Crippen LogP contribution in [0.15, 0.2) is 90.1 Å². The van der Waals surface area contributed by atoms with E-state index in [2.05, 4.69) is 19.6 Å². The molecule has 1 amide bonds. The summed E-state index contributed by atoms with van der Waals surface area (Å²) in [6, 6.07) is 17.7. The van der Waals surface area contributed by atoms with Gasteiger partial charge >= 0.3 is 6.09 Å². The Labute approximate surface area is 408 Å². The number of amides is 1. The van der Waals surface area contributed by atoms with Gasteiger partial charge in [0.2, 0.25) is 12.6 Å². The third-order valence-electron chi connectivity index (χ3n) is 14.2. The van der Waals surface area contributed by atoms with E-state index in [-0.39, 0.29) is 63.9 Å². The van der Waals surface area contributed by atoms with Gasteiger partial charge in [-0.3, -0.25) is 9.69 Å². The van der Waals surface area contributed by atoms with Crippen LogP contribution in [-0.2, 0) is 20.9 Å². The SMILES string of the molecule is C=CCOC12Oc3ccc(Oc4cccc(C=O)c4)cc3C3C(CCCCO)C(CCCCO)C=C(C(=NOC)CC1N(Cc1ccc4c(c1)OCO4)C(=O)OCCCCCCCCCCCC)C32. The zero-order valence-electron chi connectivity index (χ0n) is 40.8. The van der Waals surface area contributed by atoms with Crippen LogP contribution in [0.2, 0.25) is 0 Å². The highest BCUT2D eigenvalue weighted by atomic mass is 16.7. The summed E-state index contributed by atoms with van der Waals surface area (Å²) in [7, 11) is 1.54. The number of carbonyl (C=O) groups excluding carboxylic acids is 2. The average molecular weight is 951 g/mol. The molecule has 2 aliphatic heterocycles. The Balaban J connectivity index is 1.31. The van der Waals surface area contributed by atoms with Crippen LogP contribution in [0.25, 0.3) is 0 Å². The molecule has 3 aromatic rings. The second-order valence-electron chi connectivity index (χ2n) is 18.9. The van der Waals surface area contributed by atoms with Crippen molar-refractivity contribution in [3.63, 3.8) is 0 Å². The number of unbranched alkanes of at least 4 members (excludes halogenated alkanes) is 11. The molecule has 1 saturated carbocycles. The van der Waals surface area contributed by atoms with E-state index in [9.17, 15) is 15.0 Å². The molecular weight excluding hydrogens is 877 g/mol. The van der Waals surface area contributed by atoms with Crippen LogP contribution in [0.4, 0.5) is 4.79 Å². The number of oxime groups is 1. The molecule has 2 aliphatic carbocycles.